The lowest BCUT2D eigenvalue weighted by Crippen LogP contribution is -2.30. The Morgan fingerprint density at radius 3 is 2.38 bits per heavy atom. The smallest absolute Gasteiger partial charge is 0.391 e. The van der Waals surface area contributed by atoms with Crippen LogP contribution in [0.1, 0.15) is 24.8 Å². The highest BCUT2D eigenvalue weighted by Gasteiger charge is 2.27. The van der Waals surface area contributed by atoms with Crippen LogP contribution in [0, 0.1) is 17.1 Å². The average molecular weight is 614 g/mol. The van der Waals surface area contributed by atoms with Gasteiger partial charge in [-0.15, -0.1) is 11.3 Å². The van der Waals surface area contributed by atoms with Crippen LogP contribution in [0.2, 0.25) is 0 Å². The number of sulfonamides is 1. The van der Waals surface area contributed by atoms with E-state index in [1.165, 1.54) is 6.07 Å². The number of nitrogens with one attached hydrogen (secondary N) is 1. The van der Waals surface area contributed by atoms with Gasteiger partial charge in [0, 0.05) is 17.3 Å². The predicted molar refractivity (Wildman–Crippen MR) is 152 cm³/mol. The van der Waals surface area contributed by atoms with Gasteiger partial charge in [-0.3, -0.25) is 0 Å². The van der Waals surface area contributed by atoms with E-state index in [1.807, 2.05) is 0 Å². The van der Waals surface area contributed by atoms with Crippen LogP contribution in [0.3, 0.4) is 0 Å². The van der Waals surface area contributed by atoms with E-state index in [9.17, 15) is 22.3 Å². The normalized spacial score (nSPS) is 13.3. The second-order valence-corrected chi connectivity index (χ2v) is 13.7. The summed E-state index contributed by atoms with van der Waals surface area (Å²) in [6.45, 7) is 4.43. The molecule has 1 unspecified atom stereocenters. The number of halogens is 1. The predicted octanol–water partition coefficient (Wildman–Crippen LogP) is 3.18. The van der Waals surface area contributed by atoms with Crippen molar-refractivity contribution in [2.24, 2.45) is 11.5 Å². The molecule has 15 heteroatoms. The average Bonchev–Trinajstić information content (AvgIpc) is 3.36. The molecule has 0 amide bonds. The molecule has 6 N–H and O–H groups in total. The van der Waals surface area contributed by atoms with E-state index in [-0.39, 0.29) is 15.5 Å². The Balaban J connectivity index is 1.57. The molecule has 0 bridgehead atoms. The molecular weight excluding hydrogens is 580 g/mol. The number of nitrogens with two attached hydrogens (primary N) is 2. The zero-order valence-corrected chi connectivity index (χ0v) is 24.3. The summed E-state index contributed by atoms with van der Waals surface area (Å²) < 4.78 is 65.3. The third-order valence-corrected chi connectivity index (χ3v) is 10.00. The van der Waals surface area contributed by atoms with Crippen LogP contribution in [0.5, 0.6) is 11.5 Å². The zero-order chi connectivity index (χ0) is 29.2. The first-order chi connectivity index (χ1) is 19.1. The minimum atomic E-state index is -4.52. The highest BCUT2D eigenvalue weighted by molar-refractivity contribution is 7.92. The summed E-state index contributed by atoms with van der Waals surface area (Å²) in [5.74, 6) is -0.642. The van der Waals surface area contributed by atoms with Crippen LogP contribution in [0.25, 0.3) is 10.1 Å². The van der Waals surface area contributed by atoms with Gasteiger partial charge in [0.1, 0.15) is 33.9 Å². The van der Waals surface area contributed by atoms with Crippen LogP contribution in [-0.4, -0.2) is 63.8 Å². The van der Waals surface area contributed by atoms with Crippen molar-refractivity contribution < 1.29 is 31.5 Å². The quantitative estimate of drug-likeness (QED) is 0.130. The van der Waals surface area contributed by atoms with Gasteiger partial charge in [-0.2, -0.15) is 9.98 Å². The first kappa shape index (κ1) is 31.9. The summed E-state index contributed by atoms with van der Waals surface area (Å²) in [6, 6.07) is 11.3. The molecule has 1 atom stereocenters. The van der Waals surface area contributed by atoms with Crippen molar-refractivity contribution in [2.75, 3.05) is 45.6 Å². The SMILES string of the molecule is N#Cc1ccc(OP(=O)(O)CNS(=O)(=O)c2cc3cc(OCCCN(CCCN)CCCN)ccc3s2)cc1F. The zero-order valence-electron chi connectivity index (χ0n) is 21.8. The van der Waals surface area contributed by atoms with Crippen LogP contribution < -0.4 is 25.5 Å². The highest BCUT2D eigenvalue weighted by atomic mass is 32.2. The van der Waals surface area contributed by atoms with Crippen molar-refractivity contribution in [1.82, 2.24) is 9.62 Å². The number of nitriles is 1. The largest absolute Gasteiger partial charge is 0.494 e. The summed E-state index contributed by atoms with van der Waals surface area (Å²) in [5, 5.41) is 9.43. The molecule has 2 aromatic carbocycles. The summed E-state index contributed by atoms with van der Waals surface area (Å²) in [7, 11) is -8.67. The van der Waals surface area contributed by atoms with Gasteiger partial charge in [-0.1, -0.05) is 0 Å². The second kappa shape index (κ2) is 14.9. The van der Waals surface area contributed by atoms with E-state index >= 15 is 0 Å². The maximum Gasteiger partial charge on any atom is 0.391 e. The Hall–Kier alpha value is -2.60. The number of ether oxygens (including phenoxy) is 1. The van der Waals surface area contributed by atoms with Crippen LogP contribution in [0.15, 0.2) is 46.7 Å². The lowest BCUT2D eigenvalue weighted by atomic mass is 10.2. The van der Waals surface area contributed by atoms with Gasteiger partial charge in [0.05, 0.1) is 12.2 Å². The van der Waals surface area contributed by atoms with Gasteiger partial charge in [-0.05, 0) is 87.2 Å². The second-order valence-electron chi connectivity index (χ2n) is 8.88. The Kier molecular flexibility index (Phi) is 11.9. The molecule has 0 aliphatic carbocycles. The van der Waals surface area contributed by atoms with Crippen LogP contribution in [0.4, 0.5) is 4.39 Å². The molecule has 218 valence electrons. The Labute approximate surface area is 237 Å². The van der Waals surface area contributed by atoms with Gasteiger partial charge in [-0.25, -0.2) is 17.4 Å². The Bertz CT molecular complexity index is 1470. The minimum absolute atomic E-state index is 0.0560. The van der Waals surface area contributed by atoms with Crippen molar-refractivity contribution in [3.05, 3.63) is 53.8 Å². The molecule has 11 nitrogen and oxygen atoms in total. The Morgan fingerprint density at radius 1 is 1.05 bits per heavy atom. The van der Waals surface area contributed by atoms with Crippen LogP contribution in [-0.2, 0) is 14.6 Å². The van der Waals surface area contributed by atoms with E-state index < -0.39 is 29.7 Å². The summed E-state index contributed by atoms with van der Waals surface area (Å²) in [4.78, 5) is 12.4. The summed E-state index contributed by atoms with van der Waals surface area (Å²) >= 11 is 0.995. The Morgan fingerprint density at radius 2 is 1.73 bits per heavy atom. The maximum absolute atomic E-state index is 13.7. The number of hydrogen-bond donors (Lipinski definition) is 4. The summed E-state index contributed by atoms with van der Waals surface area (Å²) in [6.07, 6.45) is 1.70. The fraction of sp³-hybridized carbons (Fsp3) is 0.400. The number of rotatable bonds is 17. The number of thiophene rings is 1. The molecule has 0 aliphatic heterocycles. The molecule has 0 fully saturated rings. The van der Waals surface area contributed by atoms with Crippen molar-refractivity contribution in [1.29, 1.82) is 5.26 Å². The molecule has 1 heterocycles. The molecule has 0 saturated heterocycles. The van der Waals surface area contributed by atoms with Gasteiger partial charge < -0.3 is 30.5 Å². The van der Waals surface area contributed by atoms with Gasteiger partial charge in [0.15, 0.2) is 0 Å². The molecule has 0 spiro atoms. The van der Waals surface area contributed by atoms with E-state index in [0.29, 0.717) is 35.5 Å². The molecule has 40 heavy (non-hydrogen) atoms. The van der Waals surface area contributed by atoms with Gasteiger partial charge in [0.25, 0.3) is 10.0 Å². The van der Waals surface area contributed by atoms with Gasteiger partial charge in [0.2, 0.25) is 0 Å². The highest BCUT2D eigenvalue weighted by Crippen LogP contribution is 2.42. The van der Waals surface area contributed by atoms with E-state index in [2.05, 4.69) is 9.62 Å². The fourth-order valence-corrected chi connectivity index (χ4v) is 7.66. The topological polar surface area (TPSA) is 181 Å². The lowest BCUT2D eigenvalue weighted by molar-refractivity contribution is 0.232. The van der Waals surface area contributed by atoms with E-state index in [1.54, 1.807) is 24.3 Å². The summed E-state index contributed by atoms with van der Waals surface area (Å²) in [5.41, 5.74) is 11.0. The molecule has 3 rings (SSSR count). The molecular formula is C25H33FN5O6PS2. The standard InChI is InChI=1S/C25H33FN5O6PS2/c26-23-16-22(5-4-19(23)17-29)37-38(32,33)18-30-40(34,35)25-15-20-14-21(6-7-24(20)39-25)36-13-3-12-31(10-1-8-27)11-2-9-28/h4-7,14-16,30H,1-3,8-13,18,27-28H2,(H,32,33). The number of fused-ring (bicyclic) bond motifs is 1. The maximum atomic E-state index is 13.7. The third kappa shape index (κ3) is 9.50. The first-order valence-electron chi connectivity index (χ1n) is 12.6. The minimum Gasteiger partial charge on any atom is -0.494 e. The number of hydrogen-bond acceptors (Lipinski definition) is 10. The monoisotopic (exact) mass is 613 g/mol. The van der Waals surface area contributed by atoms with E-state index in [0.717, 1.165) is 68.4 Å². The van der Waals surface area contributed by atoms with Gasteiger partial charge >= 0.3 is 7.60 Å². The number of nitrogens with zero attached hydrogens (tertiary/aromatic N) is 2. The van der Waals surface area contributed by atoms with Crippen molar-refractivity contribution in [3.63, 3.8) is 0 Å². The molecule has 3 aromatic rings. The molecule has 0 aliphatic rings. The van der Waals surface area contributed by atoms with Crippen molar-refractivity contribution in [2.45, 2.75) is 23.5 Å². The molecule has 0 radical (unpaired) electrons. The number of benzene rings is 2. The van der Waals surface area contributed by atoms with Crippen molar-refractivity contribution in [3.8, 4) is 17.6 Å². The van der Waals surface area contributed by atoms with Crippen LogP contribution >= 0.6 is 18.9 Å². The molecule has 0 saturated carbocycles. The fourth-order valence-electron chi connectivity index (χ4n) is 3.74. The first-order valence-corrected chi connectivity index (χ1v) is 16.6. The third-order valence-electron chi connectivity index (χ3n) is 5.74. The van der Waals surface area contributed by atoms with E-state index in [4.69, 9.17) is 26.0 Å². The molecule has 1 aromatic heterocycles. The van der Waals surface area contributed by atoms with Crippen molar-refractivity contribution >= 4 is 39.0 Å². The lowest BCUT2D eigenvalue weighted by Gasteiger charge is -2.21.